The summed E-state index contributed by atoms with van der Waals surface area (Å²) in [6, 6.07) is -0.0832. The summed E-state index contributed by atoms with van der Waals surface area (Å²) < 4.78 is 10.6. The van der Waals surface area contributed by atoms with Crippen LogP contribution in [-0.2, 0) is 14.3 Å². The SMILES string of the molecule is O=C(OCC1CCCO1)[C@@H]1CCCCN1. The molecule has 0 saturated carbocycles. The Morgan fingerprint density at radius 1 is 1.33 bits per heavy atom. The van der Waals surface area contributed by atoms with Crippen molar-refractivity contribution in [1.29, 1.82) is 0 Å². The number of carbonyl (C=O) groups excluding carboxylic acids is 1. The lowest BCUT2D eigenvalue weighted by Crippen LogP contribution is -2.42. The smallest absolute Gasteiger partial charge is 0.323 e. The predicted molar refractivity (Wildman–Crippen MR) is 55.6 cm³/mol. The number of piperidine rings is 1. The quantitative estimate of drug-likeness (QED) is 0.706. The summed E-state index contributed by atoms with van der Waals surface area (Å²) in [6.07, 6.45) is 5.43. The molecule has 2 fully saturated rings. The Labute approximate surface area is 90.3 Å². The van der Waals surface area contributed by atoms with Crippen LogP contribution in [0.4, 0.5) is 0 Å². The van der Waals surface area contributed by atoms with Crippen molar-refractivity contribution in [3.05, 3.63) is 0 Å². The number of hydrogen-bond acceptors (Lipinski definition) is 4. The topological polar surface area (TPSA) is 47.6 Å². The summed E-state index contributed by atoms with van der Waals surface area (Å²) >= 11 is 0. The minimum Gasteiger partial charge on any atom is -0.462 e. The molecular weight excluding hydrogens is 194 g/mol. The third kappa shape index (κ3) is 3.18. The van der Waals surface area contributed by atoms with Crippen LogP contribution >= 0.6 is 0 Å². The molecule has 2 aliphatic rings. The van der Waals surface area contributed by atoms with E-state index in [1.807, 2.05) is 0 Å². The summed E-state index contributed by atoms with van der Waals surface area (Å²) in [5, 5.41) is 3.18. The molecule has 0 bridgehead atoms. The van der Waals surface area contributed by atoms with Gasteiger partial charge in [-0.05, 0) is 32.2 Å². The van der Waals surface area contributed by atoms with Gasteiger partial charge in [-0.2, -0.15) is 0 Å². The van der Waals surface area contributed by atoms with Crippen molar-refractivity contribution < 1.29 is 14.3 Å². The van der Waals surface area contributed by atoms with E-state index in [1.54, 1.807) is 0 Å². The van der Waals surface area contributed by atoms with E-state index in [2.05, 4.69) is 5.32 Å². The lowest BCUT2D eigenvalue weighted by atomic mass is 10.1. The van der Waals surface area contributed by atoms with Crippen molar-refractivity contribution in [3.8, 4) is 0 Å². The Morgan fingerprint density at radius 3 is 2.93 bits per heavy atom. The van der Waals surface area contributed by atoms with Gasteiger partial charge in [0.25, 0.3) is 0 Å². The fourth-order valence-corrected chi connectivity index (χ4v) is 2.10. The van der Waals surface area contributed by atoms with Gasteiger partial charge in [0.1, 0.15) is 12.6 Å². The molecule has 2 saturated heterocycles. The Hall–Kier alpha value is -0.610. The van der Waals surface area contributed by atoms with Gasteiger partial charge in [-0.15, -0.1) is 0 Å². The molecule has 0 aromatic carbocycles. The van der Waals surface area contributed by atoms with E-state index in [0.29, 0.717) is 6.61 Å². The summed E-state index contributed by atoms with van der Waals surface area (Å²) in [6.45, 7) is 2.17. The molecule has 0 aromatic rings. The summed E-state index contributed by atoms with van der Waals surface area (Å²) in [7, 11) is 0. The van der Waals surface area contributed by atoms with Gasteiger partial charge >= 0.3 is 5.97 Å². The fourth-order valence-electron chi connectivity index (χ4n) is 2.10. The predicted octanol–water partition coefficient (Wildman–Crippen LogP) is 0.851. The van der Waals surface area contributed by atoms with Crippen LogP contribution in [0.3, 0.4) is 0 Å². The molecular formula is C11H19NO3. The highest BCUT2D eigenvalue weighted by Crippen LogP contribution is 2.13. The maximum absolute atomic E-state index is 11.6. The molecule has 4 nitrogen and oxygen atoms in total. The van der Waals surface area contributed by atoms with E-state index in [9.17, 15) is 4.79 Å². The molecule has 86 valence electrons. The number of esters is 1. The Bertz CT molecular complexity index is 208. The van der Waals surface area contributed by atoms with Crippen molar-refractivity contribution in [2.45, 2.75) is 44.2 Å². The third-order valence-electron chi connectivity index (χ3n) is 3.03. The number of carbonyl (C=O) groups is 1. The van der Waals surface area contributed by atoms with Crippen molar-refractivity contribution in [1.82, 2.24) is 5.32 Å². The molecule has 2 heterocycles. The van der Waals surface area contributed by atoms with Gasteiger partial charge in [-0.3, -0.25) is 4.79 Å². The molecule has 15 heavy (non-hydrogen) atoms. The van der Waals surface area contributed by atoms with Crippen LogP contribution in [0.25, 0.3) is 0 Å². The van der Waals surface area contributed by atoms with E-state index >= 15 is 0 Å². The Kier molecular flexibility index (Phi) is 3.97. The molecule has 0 amide bonds. The van der Waals surface area contributed by atoms with Crippen LogP contribution in [0, 0.1) is 0 Å². The van der Waals surface area contributed by atoms with Gasteiger partial charge in [0.05, 0.1) is 6.10 Å². The number of ether oxygens (including phenoxy) is 2. The van der Waals surface area contributed by atoms with Crippen molar-refractivity contribution in [2.75, 3.05) is 19.8 Å². The van der Waals surface area contributed by atoms with Crippen LogP contribution < -0.4 is 5.32 Å². The monoisotopic (exact) mass is 213 g/mol. The first kappa shape index (κ1) is 10.9. The molecule has 2 atom stereocenters. The zero-order valence-electron chi connectivity index (χ0n) is 9.04. The van der Waals surface area contributed by atoms with E-state index < -0.39 is 0 Å². The maximum Gasteiger partial charge on any atom is 0.323 e. The first-order valence-corrected chi connectivity index (χ1v) is 5.88. The van der Waals surface area contributed by atoms with Gasteiger partial charge in [0.15, 0.2) is 0 Å². The minimum atomic E-state index is -0.106. The summed E-state index contributed by atoms with van der Waals surface area (Å²) in [5.74, 6) is -0.106. The average Bonchev–Trinajstić information content (AvgIpc) is 2.80. The largest absolute Gasteiger partial charge is 0.462 e. The molecule has 2 rings (SSSR count). The van der Waals surface area contributed by atoms with Gasteiger partial charge in [-0.1, -0.05) is 6.42 Å². The van der Waals surface area contributed by atoms with Crippen LogP contribution in [-0.4, -0.2) is 37.9 Å². The Morgan fingerprint density at radius 2 is 2.27 bits per heavy atom. The van der Waals surface area contributed by atoms with Gasteiger partial charge in [-0.25, -0.2) is 0 Å². The molecule has 2 aliphatic heterocycles. The molecule has 1 N–H and O–H groups in total. The zero-order valence-corrected chi connectivity index (χ0v) is 9.04. The van der Waals surface area contributed by atoms with Crippen LogP contribution in [0.5, 0.6) is 0 Å². The standard InChI is InChI=1S/C11H19NO3/c13-11(10-5-1-2-6-12-10)15-8-9-4-3-7-14-9/h9-10,12H,1-8H2/t9?,10-/m0/s1. The van der Waals surface area contributed by atoms with Crippen LogP contribution in [0.15, 0.2) is 0 Å². The normalized spacial score (nSPS) is 31.5. The molecule has 0 radical (unpaired) electrons. The first-order chi connectivity index (χ1) is 7.36. The fraction of sp³-hybridized carbons (Fsp3) is 0.909. The second-order valence-electron chi connectivity index (χ2n) is 4.27. The van der Waals surface area contributed by atoms with Gasteiger partial charge in [0.2, 0.25) is 0 Å². The first-order valence-electron chi connectivity index (χ1n) is 5.88. The van der Waals surface area contributed by atoms with Crippen LogP contribution in [0.2, 0.25) is 0 Å². The maximum atomic E-state index is 11.6. The van der Waals surface area contributed by atoms with E-state index in [4.69, 9.17) is 9.47 Å². The number of nitrogens with one attached hydrogen (secondary N) is 1. The van der Waals surface area contributed by atoms with Gasteiger partial charge in [0, 0.05) is 6.61 Å². The summed E-state index contributed by atoms with van der Waals surface area (Å²) in [5.41, 5.74) is 0. The summed E-state index contributed by atoms with van der Waals surface area (Å²) in [4.78, 5) is 11.6. The number of rotatable bonds is 3. The van der Waals surface area contributed by atoms with E-state index in [1.165, 1.54) is 0 Å². The van der Waals surface area contributed by atoms with Gasteiger partial charge < -0.3 is 14.8 Å². The van der Waals surface area contributed by atoms with Crippen molar-refractivity contribution in [3.63, 3.8) is 0 Å². The Balaban J connectivity index is 1.66. The van der Waals surface area contributed by atoms with Crippen molar-refractivity contribution in [2.24, 2.45) is 0 Å². The molecule has 4 heteroatoms. The highest BCUT2D eigenvalue weighted by atomic mass is 16.6. The van der Waals surface area contributed by atoms with Crippen LogP contribution in [0.1, 0.15) is 32.1 Å². The van der Waals surface area contributed by atoms with E-state index in [0.717, 1.165) is 45.3 Å². The van der Waals surface area contributed by atoms with Crippen molar-refractivity contribution >= 4 is 5.97 Å². The molecule has 0 aromatic heterocycles. The number of hydrogen-bond donors (Lipinski definition) is 1. The highest BCUT2D eigenvalue weighted by Gasteiger charge is 2.24. The minimum absolute atomic E-state index is 0.0832. The molecule has 0 spiro atoms. The second-order valence-corrected chi connectivity index (χ2v) is 4.27. The second kappa shape index (κ2) is 5.47. The van der Waals surface area contributed by atoms with E-state index in [-0.39, 0.29) is 18.1 Å². The molecule has 0 aliphatic carbocycles. The lowest BCUT2D eigenvalue weighted by molar-refractivity contribution is -0.150. The third-order valence-corrected chi connectivity index (χ3v) is 3.03. The zero-order chi connectivity index (χ0) is 10.5. The average molecular weight is 213 g/mol. The highest BCUT2D eigenvalue weighted by molar-refractivity contribution is 5.75. The lowest BCUT2D eigenvalue weighted by Gasteiger charge is -2.22. The molecule has 1 unspecified atom stereocenters.